The van der Waals surface area contributed by atoms with Crippen LogP contribution in [-0.2, 0) is 20.9 Å². The molecule has 4 unspecified atom stereocenters. The molecule has 3 N–H and O–H groups in total. The zero-order chi connectivity index (χ0) is 21.1. The summed E-state index contributed by atoms with van der Waals surface area (Å²) in [5, 5.41) is 8.89. The topological polar surface area (TPSA) is 116 Å². The Bertz CT molecular complexity index is 839. The fraction of sp³-hybridized carbons (Fsp3) is 0.524. The fourth-order valence-electron chi connectivity index (χ4n) is 4.62. The lowest BCUT2D eigenvalue weighted by atomic mass is 9.85. The predicted molar refractivity (Wildman–Crippen MR) is 124 cm³/mol. The van der Waals surface area contributed by atoms with Crippen molar-refractivity contribution < 1.29 is 18.8 Å². The number of carbonyl (C=O) groups is 3. The van der Waals surface area contributed by atoms with E-state index in [2.05, 4.69) is 33.1 Å². The smallest absolute Gasteiger partial charge is 0.242 e. The molecule has 1 aliphatic heterocycles. The van der Waals surface area contributed by atoms with E-state index in [1.807, 2.05) is 6.92 Å². The molecule has 4 atom stereocenters. The summed E-state index contributed by atoms with van der Waals surface area (Å²) in [5.74, 6) is 0.882. The molecule has 1 saturated carbocycles. The number of likely N-dealkylation sites (tertiary alicyclic amines) is 1. The minimum Gasteiger partial charge on any atom is -0.467 e. The molecule has 2 heterocycles. The van der Waals surface area contributed by atoms with Crippen molar-refractivity contribution in [3.8, 4) is 0 Å². The van der Waals surface area contributed by atoms with Crippen LogP contribution in [0.4, 0.5) is 0 Å². The van der Waals surface area contributed by atoms with Crippen molar-refractivity contribution in [3.63, 3.8) is 0 Å². The number of furan rings is 1. The second-order valence-electron chi connectivity index (χ2n) is 7.81. The van der Waals surface area contributed by atoms with Crippen LogP contribution in [0.2, 0.25) is 0 Å². The van der Waals surface area contributed by atoms with Crippen molar-refractivity contribution in [1.82, 2.24) is 20.9 Å². The number of aliphatic imine (C=N–C) groups is 1. The highest BCUT2D eigenvalue weighted by molar-refractivity contribution is 14.0. The third kappa shape index (κ3) is 4.94. The number of amides is 3. The number of halogens is 1. The molecule has 10 heteroatoms. The van der Waals surface area contributed by atoms with Crippen molar-refractivity contribution in [2.45, 2.75) is 19.9 Å². The normalized spacial score (nSPS) is 26.1. The molecule has 31 heavy (non-hydrogen) atoms. The lowest BCUT2D eigenvalue weighted by molar-refractivity contribution is -0.140. The van der Waals surface area contributed by atoms with E-state index in [0.717, 1.165) is 6.42 Å². The van der Waals surface area contributed by atoms with Crippen LogP contribution >= 0.6 is 24.0 Å². The lowest BCUT2D eigenvalue weighted by Crippen LogP contribution is -2.44. The molecule has 1 aromatic rings. The molecule has 3 amide bonds. The first-order valence-corrected chi connectivity index (χ1v) is 10.4. The summed E-state index contributed by atoms with van der Waals surface area (Å²) in [7, 11) is 0. The summed E-state index contributed by atoms with van der Waals surface area (Å²) in [4.78, 5) is 43.0. The lowest BCUT2D eigenvalue weighted by Gasteiger charge is -2.18. The van der Waals surface area contributed by atoms with E-state index >= 15 is 0 Å². The summed E-state index contributed by atoms with van der Waals surface area (Å²) in [6, 6.07) is 3.54. The number of rotatable bonds is 8. The average Bonchev–Trinajstić information content (AvgIpc) is 3.52. The van der Waals surface area contributed by atoms with Gasteiger partial charge in [0.2, 0.25) is 17.7 Å². The Labute approximate surface area is 198 Å². The van der Waals surface area contributed by atoms with Gasteiger partial charge in [0.1, 0.15) is 12.3 Å². The summed E-state index contributed by atoms with van der Waals surface area (Å²) in [5.41, 5.74) is 0. The standard InChI is InChI=1S/C21H27N5O4.HI/c1-2-22-21(25-12-16(27)24-11-15-4-3-9-30-15)23-7-8-26-19(28)17-13-5-6-14(10-13)18(17)20(26)29;/h3-6,9,13-14,17-18H,2,7-8,10-12H2,1H3,(H,24,27)(H2,22,23,25);1H. The highest BCUT2D eigenvalue weighted by Gasteiger charge is 2.58. The van der Waals surface area contributed by atoms with Gasteiger partial charge in [-0.25, -0.2) is 4.99 Å². The zero-order valence-corrected chi connectivity index (χ0v) is 19.7. The number of fused-ring (bicyclic) bond motifs is 5. The molecule has 3 aliphatic rings. The number of nitrogens with one attached hydrogen (secondary N) is 3. The fourth-order valence-corrected chi connectivity index (χ4v) is 4.62. The third-order valence-corrected chi connectivity index (χ3v) is 5.95. The molecular formula is C21H28IN5O4. The average molecular weight is 541 g/mol. The minimum absolute atomic E-state index is 0. The van der Waals surface area contributed by atoms with E-state index in [1.165, 1.54) is 4.90 Å². The van der Waals surface area contributed by atoms with Gasteiger partial charge < -0.3 is 20.4 Å². The monoisotopic (exact) mass is 541 g/mol. The SMILES string of the molecule is CCNC(=NCC(=O)NCc1ccco1)NCCN1C(=O)C2C3C=CC(C3)C2C1=O.I. The number of hydrogen-bond acceptors (Lipinski definition) is 5. The highest BCUT2D eigenvalue weighted by Crippen LogP contribution is 2.52. The van der Waals surface area contributed by atoms with Gasteiger partial charge in [-0.1, -0.05) is 12.2 Å². The molecule has 0 radical (unpaired) electrons. The largest absolute Gasteiger partial charge is 0.467 e. The zero-order valence-electron chi connectivity index (χ0n) is 17.4. The van der Waals surface area contributed by atoms with Gasteiger partial charge in [-0.3, -0.25) is 19.3 Å². The predicted octanol–water partition coefficient (Wildman–Crippen LogP) is 0.876. The van der Waals surface area contributed by atoms with Crippen LogP contribution in [0.25, 0.3) is 0 Å². The van der Waals surface area contributed by atoms with Crippen molar-refractivity contribution >= 4 is 47.7 Å². The van der Waals surface area contributed by atoms with Crippen LogP contribution in [0.15, 0.2) is 40.0 Å². The number of hydrogen-bond donors (Lipinski definition) is 3. The highest BCUT2D eigenvalue weighted by atomic mass is 127. The van der Waals surface area contributed by atoms with Gasteiger partial charge in [-0.05, 0) is 37.3 Å². The maximum Gasteiger partial charge on any atom is 0.242 e. The van der Waals surface area contributed by atoms with E-state index in [-0.39, 0.29) is 71.9 Å². The number of allylic oxidation sites excluding steroid dienone is 2. The van der Waals surface area contributed by atoms with E-state index in [4.69, 9.17) is 4.42 Å². The Hall–Kier alpha value is -2.37. The van der Waals surface area contributed by atoms with E-state index in [0.29, 0.717) is 37.9 Å². The maximum absolute atomic E-state index is 12.7. The van der Waals surface area contributed by atoms with Gasteiger partial charge in [0, 0.05) is 19.6 Å². The van der Waals surface area contributed by atoms with E-state index < -0.39 is 0 Å². The molecule has 0 aromatic carbocycles. The van der Waals surface area contributed by atoms with Crippen LogP contribution < -0.4 is 16.0 Å². The van der Waals surface area contributed by atoms with E-state index in [9.17, 15) is 14.4 Å². The third-order valence-electron chi connectivity index (χ3n) is 5.95. The van der Waals surface area contributed by atoms with Gasteiger partial charge in [0.25, 0.3) is 0 Å². The van der Waals surface area contributed by atoms with Gasteiger partial charge in [0.05, 0.1) is 24.6 Å². The van der Waals surface area contributed by atoms with Crippen molar-refractivity contribution in [1.29, 1.82) is 0 Å². The summed E-state index contributed by atoms with van der Waals surface area (Å²) < 4.78 is 5.17. The van der Waals surface area contributed by atoms with Crippen molar-refractivity contribution in [3.05, 3.63) is 36.3 Å². The summed E-state index contributed by atoms with van der Waals surface area (Å²) >= 11 is 0. The quantitative estimate of drug-likeness (QED) is 0.148. The Morgan fingerprint density at radius 3 is 2.48 bits per heavy atom. The molecule has 2 fully saturated rings. The van der Waals surface area contributed by atoms with Crippen LogP contribution in [0, 0.1) is 23.7 Å². The van der Waals surface area contributed by atoms with Gasteiger partial charge in [0.15, 0.2) is 5.96 Å². The Morgan fingerprint density at radius 1 is 1.16 bits per heavy atom. The number of imide groups is 1. The van der Waals surface area contributed by atoms with Crippen molar-refractivity contribution in [2.24, 2.45) is 28.7 Å². The van der Waals surface area contributed by atoms with Crippen LogP contribution in [-0.4, -0.2) is 54.8 Å². The first-order valence-electron chi connectivity index (χ1n) is 10.4. The van der Waals surface area contributed by atoms with Gasteiger partial charge in [-0.2, -0.15) is 0 Å². The van der Waals surface area contributed by atoms with Crippen LogP contribution in [0.5, 0.6) is 0 Å². The second-order valence-corrected chi connectivity index (χ2v) is 7.81. The molecule has 9 nitrogen and oxygen atoms in total. The van der Waals surface area contributed by atoms with Gasteiger partial charge in [-0.15, -0.1) is 24.0 Å². The molecular weight excluding hydrogens is 513 g/mol. The molecule has 2 bridgehead atoms. The van der Waals surface area contributed by atoms with Gasteiger partial charge >= 0.3 is 0 Å². The van der Waals surface area contributed by atoms with Crippen LogP contribution in [0.3, 0.4) is 0 Å². The molecule has 0 spiro atoms. The summed E-state index contributed by atoms with van der Waals surface area (Å²) in [6.07, 6.45) is 6.66. The first kappa shape index (κ1) is 23.3. The first-order chi connectivity index (χ1) is 14.6. The number of carbonyl (C=O) groups excluding carboxylic acids is 3. The maximum atomic E-state index is 12.7. The van der Waals surface area contributed by atoms with Crippen molar-refractivity contribution in [2.75, 3.05) is 26.2 Å². The molecule has 2 aliphatic carbocycles. The molecule has 168 valence electrons. The Morgan fingerprint density at radius 2 is 1.87 bits per heavy atom. The Balaban J connectivity index is 0.00000272. The van der Waals surface area contributed by atoms with Crippen LogP contribution in [0.1, 0.15) is 19.1 Å². The Kier molecular flexibility index (Phi) is 7.74. The minimum atomic E-state index is -0.232. The summed E-state index contributed by atoms with van der Waals surface area (Å²) in [6.45, 7) is 3.48. The second kappa shape index (κ2) is 10.3. The number of nitrogens with zero attached hydrogens (tertiary/aromatic N) is 2. The molecule has 4 rings (SSSR count). The molecule has 1 aromatic heterocycles. The van der Waals surface area contributed by atoms with E-state index in [1.54, 1.807) is 18.4 Å². The molecule has 1 saturated heterocycles. The number of guanidine groups is 1.